The first-order chi connectivity index (χ1) is 11.5. The lowest BCUT2D eigenvalue weighted by Gasteiger charge is -2.16. The second kappa shape index (κ2) is 8.87. The Bertz CT molecular complexity index is 642. The van der Waals surface area contributed by atoms with Crippen molar-refractivity contribution in [2.24, 2.45) is 0 Å². The SMILES string of the molecule is C[C@H](OC(=O)c1cc(Br)ccc1O)C(=O)NCCC1=CCCCC1. The van der Waals surface area contributed by atoms with Gasteiger partial charge in [-0.2, -0.15) is 0 Å². The van der Waals surface area contributed by atoms with Crippen molar-refractivity contribution in [3.63, 3.8) is 0 Å². The molecule has 0 radical (unpaired) electrons. The molecule has 0 saturated carbocycles. The molecule has 0 aromatic heterocycles. The van der Waals surface area contributed by atoms with Crippen LogP contribution in [0.15, 0.2) is 34.3 Å². The lowest BCUT2D eigenvalue weighted by atomic mass is 9.97. The summed E-state index contributed by atoms with van der Waals surface area (Å²) < 4.78 is 5.77. The van der Waals surface area contributed by atoms with Crippen LogP contribution in [0.2, 0.25) is 0 Å². The molecule has 0 heterocycles. The maximum Gasteiger partial charge on any atom is 0.342 e. The second-order valence-electron chi connectivity index (χ2n) is 5.86. The number of phenols is 1. The molecule has 0 saturated heterocycles. The Hall–Kier alpha value is -1.82. The lowest BCUT2D eigenvalue weighted by molar-refractivity contribution is -0.129. The van der Waals surface area contributed by atoms with Crippen LogP contribution in [0.25, 0.3) is 0 Å². The second-order valence-corrected chi connectivity index (χ2v) is 6.77. The fourth-order valence-electron chi connectivity index (χ4n) is 2.57. The number of nitrogens with one attached hydrogen (secondary N) is 1. The van der Waals surface area contributed by atoms with Gasteiger partial charge in [0.05, 0.1) is 0 Å². The van der Waals surface area contributed by atoms with Crippen LogP contribution in [0, 0.1) is 0 Å². The first-order valence-corrected chi connectivity index (χ1v) is 8.92. The quantitative estimate of drug-likeness (QED) is 0.568. The molecule has 0 spiro atoms. The molecule has 0 fully saturated rings. The molecular weight excluding hydrogens is 374 g/mol. The number of rotatable bonds is 6. The summed E-state index contributed by atoms with van der Waals surface area (Å²) in [6, 6.07) is 4.46. The third-order valence-corrected chi connectivity index (χ3v) is 4.46. The van der Waals surface area contributed by atoms with E-state index >= 15 is 0 Å². The number of ether oxygens (including phenoxy) is 1. The van der Waals surface area contributed by atoms with E-state index in [0.29, 0.717) is 11.0 Å². The summed E-state index contributed by atoms with van der Waals surface area (Å²) in [4.78, 5) is 24.1. The van der Waals surface area contributed by atoms with Crippen LogP contribution >= 0.6 is 15.9 Å². The standard InChI is InChI=1S/C18H22BrNO4/c1-12(17(22)20-10-9-13-5-3-2-4-6-13)24-18(23)15-11-14(19)7-8-16(15)21/h5,7-8,11-12,21H,2-4,6,9-10H2,1H3,(H,20,22)/t12-/m0/s1. The van der Waals surface area contributed by atoms with E-state index in [0.717, 1.165) is 19.3 Å². The van der Waals surface area contributed by atoms with Gasteiger partial charge in [-0.3, -0.25) is 4.79 Å². The highest BCUT2D eigenvalue weighted by Crippen LogP contribution is 2.23. The molecule has 0 bridgehead atoms. The highest BCUT2D eigenvalue weighted by molar-refractivity contribution is 9.10. The van der Waals surface area contributed by atoms with Gasteiger partial charge in [-0.25, -0.2) is 4.79 Å². The first-order valence-electron chi connectivity index (χ1n) is 8.12. The van der Waals surface area contributed by atoms with E-state index < -0.39 is 12.1 Å². The maximum atomic E-state index is 12.1. The summed E-state index contributed by atoms with van der Waals surface area (Å²) in [6.45, 7) is 2.05. The molecule has 0 aliphatic heterocycles. The van der Waals surface area contributed by atoms with E-state index in [9.17, 15) is 14.7 Å². The van der Waals surface area contributed by atoms with Crippen molar-refractivity contribution in [2.45, 2.75) is 45.1 Å². The van der Waals surface area contributed by atoms with E-state index in [1.807, 2.05) is 0 Å². The van der Waals surface area contributed by atoms with Crippen molar-refractivity contribution < 1.29 is 19.4 Å². The van der Waals surface area contributed by atoms with Crippen molar-refractivity contribution in [3.8, 4) is 5.75 Å². The van der Waals surface area contributed by atoms with Gasteiger partial charge >= 0.3 is 5.97 Å². The smallest absolute Gasteiger partial charge is 0.342 e. The number of carbonyl (C=O) groups excluding carboxylic acids is 2. The molecule has 2 N–H and O–H groups in total. The Morgan fingerprint density at radius 2 is 2.17 bits per heavy atom. The summed E-state index contributed by atoms with van der Waals surface area (Å²) in [7, 11) is 0. The van der Waals surface area contributed by atoms with Gasteiger partial charge in [-0.1, -0.05) is 27.6 Å². The Morgan fingerprint density at radius 1 is 1.38 bits per heavy atom. The number of benzene rings is 1. The van der Waals surface area contributed by atoms with Crippen LogP contribution in [0.3, 0.4) is 0 Å². The topological polar surface area (TPSA) is 75.6 Å². The number of carbonyl (C=O) groups is 2. The van der Waals surface area contributed by atoms with Crippen molar-refractivity contribution in [3.05, 3.63) is 39.9 Å². The molecule has 5 nitrogen and oxygen atoms in total. The van der Waals surface area contributed by atoms with Crippen LogP contribution in [0.1, 0.15) is 49.4 Å². The zero-order chi connectivity index (χ0) is 17.5. The largest absolute Gasteiger partial charge is 0.507 e. The third-order valence-electron chi connectivity index (χ3n) is 3.96. The molecule has 1 aromatic carbocycles. The minimum absolute atomic E-state index is 0.0244. The lowest BCUT2D eigenvalue weighted by Crippen LogP contribution is -2.36. The van der Waals surface area contributed by atoms with Gasteiger partial charge in [0, 0.05) is 11.0 Å². The van der Waals surface area contributed by atoms with E-state index in [2.05, 4.69) is 27.3 Å². The van der Waals surface area contributed by atoms with Crippen LogP contribution in [-0.2, 0) is 9.53 Å². The molecule has 130 valence electrons. The average Bonchev–Trinajstić information content (AvgIpc) is 2.57. The van der Waals surface area contributed by atoms with Gasteiger partial charge in [-0.15, -0.1) is 0 Å². The molecule has 1 aliphatic carbocycles. The zero-order valence-electron chi connectivity index (χ0n) is 13.7. The van der Waals surface area contributed by atoms with Crippen molar-refractivity contribution in [1.82, 2.24) is 5.32 Å². The van der Waals surface area contributed by atoms with Gasteiger partial charge in [0.1, 0.15) is 11.3 Å². The predicted molar refractivity (Wildman–Crippen MR) is 94.9 cm³/mol. The molecule has 1 aromatic rings. The molecule has 1 atom stereocenters. The normalized spacial score (nSPS) is 15.3. The number of allylic oxidation sites excluding steroid dienone is 1. The van der Waals surface area contributed by atoms with Gasteiger partial charge in [-0.05, 0) is 57.2 Å². The fraction of sp³-hybridized carbons (Fsp3) is 0.444. The van der Waals surface area contributed by atoms with E-state index in [1.165, 1.54) is 37.5 Å². The molecule has 6 heteroatoms. The number of amides is 1. The number of esters is 1. The Morgan fingerprint density at radius 3 is 2.88 bits per heavy atom. The third kappa shape index (κ3) is 5.37. The summed E-state index contributed by atoms with van der Waals surface area (Å²) in [6.07, 6.45) is 6.83. The van der Waals surface area contributed by atoms with Crippen molar-refractivity contribution >= 4 is 27.8 Å². The zero-order valence-corrected chi connectivity index (χ0v) is 15.3. The summed E-state index contributed by atoms with van der Waals surface area (Å²) >= 11 is 3.23. The highest BCUT2D eigenvalue weighted by Gasteiger charge is 2.21. The van der Waals surface area contributed by atoms with Crippen molar-refractivity contribution in [1.29, 1.82) is 0 Å². The summed E-state index contributed by atoms with van der Waals surface area (Å²) in [5.74, 6) is -1.25. The minimum Gasteiger partial charge on any atom is -0.507 e. The van der Waals surface area contributed by atoms with Crippen LogP contribution in [-0.4, -0.2) is 29.6 Å². The number of hydrogen-bond donors (Lipinski definition) is 2. The summed E-state index contributed by atoms with van der Waals surface area (Å²) in [5.41, 5.74) is 1.40. The van der Waals surface area contributed by atoms with Crippen molar-refractivity contribution in [2.75, 3.05) is 6.54 Å². The highest BCUT2D eigenvalue weighted by atomic mass is 79.9. The van der Waals surface area contributed by atoms with E-state index in [4.69, 9.17) is 4.74 Å². The van der Waals surface area contributed by atoms with Gasteiger partial charge in [0.25, 0.3) is 5.91 Å². The summed E-state index contributed by atoms with van der Waals surface area (Å²) in [5, 5.41) is 12.5. The fourth-order valence-corrected chi connectivity index (χ4v) is 2.93. The van der Waals surface area contributed by atoms with Gasteiger partial charge in [0.15, 0.2) is 6.10 Å². The average molecular weight is 396 g/mol. The number of halogens is 1. The molecule has 1 amide bonds. The Labute approximate surface area is 150 Å². The molecule has 2 rings (SSSR count). The Balaban J connectivity index is 1.81. The molecular formula is C18H22BrNO4. The number of aromatic hydroxyl groups is 1. The molecule has 24 heavy (non-hydrogen) atoms. The molecule has 0 unspecified atom stereocenters. The van der Waals surface area contributed by atoms with E-state index in [1.54, 1.807) is 6.07 Å². The number of phenolic OH excluding ortho intramolecular Hbond substituents is 1. The van der Waals surface area contributed by atoms with Crippen LogP contribution in [0.5, 0.6) is 5.75 Å². The predicted octanol–water partition coefficient (Wildman–Crippen LogP) is 3.71. The number of hydrogen-bond acceptors (Lipinski definition) is 4. The Kier molecular flexibility index (Phi) is 6.85. The van der Waals surface area contributed by atoms with Gasteiger partial charge in [0.2, 0.25) is 0 Å². The maximum absolute atomic E-state index is 12.1. The van der Waals surface area contributed by atoms with Crippen LogP contribution < -0.4 is 5.32 Å². The molecule has 1 aliphatic rings. The first kappa shape index (κ1) is 18.5. The monoisotopic (exact) mass is 395 g/mol. The van der Waals surface area contributed by atoms with E-state index in [-0.39, 0.29) is 17.2 Å². The van der Waals surface area contributed by atoms with Gasteiger partial charge < -0.3 is 15.2 Å². The minimum atomic E-state index is -0.920. The van der Waals surface area contributed by atoms with Crippen LogP contribution in [0.4, 0.5) is 0 Å².